The van der Waals surface area contributed by atoms with Crippen LogP contribution in [0.5, 0.6) is 0 Å². The number of hydrogen-bond acceptors (Lipinski definition) is 4. The first-order chi connectivity index (χ1) is 10.7. The number of rotatable bonds is 4. The Morgan fingerprint density at radius 1 is 1.27 bits per heavy atom. The van der Waals surface area contributed by atoms with Gasteiger partial charge >= 0.3 is 0 Å². The SMILES string of the molecule is CNc1n[nH]c2ccc(C(=O)NCc3cccc(N)c3)cc12. The van der Waals surface area contributed by atoms with Crippen LogP contribution in [0.15, 0.2) is 42.5 Å². The van der Waals surface area contributed by atoms with Crippen molar-refractivity contribution in [1.29, 1.82) is 0 Å². The molecule has 1 amide bonds. The number of nitrogens with one attached hydrogen (secondary N) is 3. The lowest BCUT2D eigenvalue weighted by Gasteiger charge is -2.06. The molecule has 6 heteroatoms. The predicted octanol–water partition coefficient (Wildman–Crippen LogP) is 2.12. The molecule has 0 aliphatic carbocycles. The summed E-state index contributed by atoms with van der Waals surface area (Å²) < 4.78 is 0. The van der Waals surface area contributed by atoms with Crippen LogP contribution < -0.4 is 16.4 Å². The molecule has 22 heavy (non-hydrogen) atoms. The monoisotopic (exact) mass is 295 g/mol. The minimum absolute atomic E-state index is 0.132. The lowest BCUT2D eigenvalue weighted by molar-refractivity contribution is 0.0951. The number of hydrogen-bond donors (Lipinski definition) is 4. The van der Waals surface area contributed by atoms with E-state index in [1.165, 1.54) is 0 Å². The van der Waals surface area contributed by atoms with Crippen LogP contribution in [0.1, 0.15) is 15.9 Å². The minimum atomic E-state index is -0.132. The molecule has 0 atom stereocenters. The average molecular weight is 295 g/mol. The number of carbonyl (C=O) groups is 1. The smallest absolute Gasteiger partial charge is 0.251 e. The van der Waals surface area contributed by atoms with Gasteiger partial charge in [-0.3, -0.25) is 9.89 Å². The van der Waals surface area contributed by atoms with Crippen LogP contribution in [0, 0.1) is 0 Å². The molecule has 1 heterocycles. The number of nitrogen functional groups attached to an aromatic ring is 1. The molecule has 0 fully saturated rings. The van der Waals surface area contributed by atoms with Crippen molar-refractivity contribution in [2.45, 2.75) is 6.54 Å². The fraction of sp³-hybridized carbons (Fsp3) is 0.125. The van der Waals surface area contributed by atoms with Crippen molar-refractivity contribution in [3.8, 4) is 0 Å². The quantitative estimate of drug-likeness (QED) is 0.554. The Morgan fingerprint density at radius 3 is 2.91 bits per heavy atom. The van der Waals surface area contributed by atoms with E-state index in [4.69, 9.17) is 5.73 Å². The van der Waals surface area contributed by atoms with Gasteiger partial charge in [-0.25, -0.2) is 0 Å². The average Bonchev–Trinajstić information content (AvgIpc) is 2.95. The Labute approximate surface area is 127 Å². The van der Waals surface area contributed by atoms with Gasteiger partial charge in [0.1, 0.15) is 0 Å². The van der Waals surface area contributed by atoms with Crippen LogP contribution in [-0.2, 0) is 6.54 Å². The van der Waals surface area contributed by atoms with Crippen LogP contribution >= 0.6 is 0 Å². The zero-order valence-electron chi connectivity index (χ0n) is 12.2. The Bertz CT molecular complexity index is 824. The minimum Gasteiger partial charge on any atom is -0.399 e. The summed E-state index contributed by atoms with van der Waals surface area (Å²) in [4.78, 5) is 12.3. The Morgan fingerprint density at radius 2 is 2.14 bits per heavy atom. The van der Waals surface area contributed by atoms with E-state index in [1.54, 1.807) is 13.1 Å². The summed E-state index contributed by atoms with van der Waals surface area (Å²) in [6.45, 7) is 0.437. The van der Waals surface area contributed by atoms with Crippen molar-refractivity contribution >= 4 is 28.3 Å². The summed E-state index contributed by atoms with van der Waals surface area (Å²) in [5.74, 6) is 0.591. The Hall–Kier alpha value is -3.02. The van der Waals surface area contributed by atoms with Gasteiger partial charge in [0.05, 0.1) is 5.52 Å². The molecular weight excluding hydrogens is 278 g/mol. The van der Waals surface area contributed by atoms with Crippen LogP contribution in [0.3, 0.4) is 0 Å². The molecule has 0 spiro atoms. The molecule has 0 saturated carbocycles. The first-order valence-electron chi connectivity index (χ1n) is 6.96. The van der Waals surface area contributed by atoms with Gasteiger partial charge < -0.3 is 16.4 Å². The molecule has 0 radical (unpaired) electrons. The van der Waals surface area contributed by atoms with E-state index in [1.807, 2.05) is 36.4 Å². The number of aromatic amines is 1. The zero-order chi connectivity index (χ0) is 15.5. The van der Waals surface area contributed by atoms with Crippen molar-refractivity contribution in [3.05, 3.63) is 53.6 Å². The summed E-state index contributed by atoms with van der Waals surface area (Å²) in [5.41, 5.74) is 8.86. The number of benzene rings is 2. The van der Waals surface area contributed by atoms with Crippen LogP contribution in [0.4, 0.5) is 11.5 Å². The first-order valence-corrected chi connectivity index (χ1v) is 6.96. The molecule has 0 unspecified atom stereocenters. The van der Waals surface area contributed by atoms with Gasteiger partial charge in [0, 0.05) is 30.2 Å². The third-order valence-electron chi connectivity index (χ3n) is 3.47. The number of anilines is 2. The highest BCUT2D eigenvalue weighted by Gasteiger charge is 2.10. The van der Waals surface area contributed by atoms with Crippen LogP contribution in [0.25, 0.3) is 10.9 Å². The molecule has 0 aliphatic heterocycles. The van der Waals surface area contributed by atoms with Crippen molar-refractivity contribution in [3.63, 3.8) is 0 Å². The number of nitrogens with two attached hydrogens (primary N) is 1. The molecule has 0 aliphatic rings. The van der Waals surface area contributed by atoms with E-state index >= 15 is 0 Å². The molecule has 3 rings (SSSR count). The van der Waals surface area contributed by atoms with Crippen molar-refractivity contribution in [2.24, 2.45) is 0 Å². The van der Waals surface area contributed by atoms with Gasteiger partial charge in [-0.1, -0.05) is 12.1 Å². The maximum Gasteiger partial charge on any atom is 0.251 e. The Kier molecular flexibility index (Phi) is 3.65. The van der Waals surface area contributed by atoms with Crippen molar-refractivity contribution in [2.75, 3.05) is 18.1 Å². The van der Waals surface area contributed by atoms with Crippen LogP contribution in [-0.4, -0.2) is 23.2 Å². The second-order valence-electron chi connectivity index (χ2n) is 5.01. The number of amides is 1. The third-order valence-corrected chi connectivity index (χ3v) is 3.47. The van der Waals surface area contributed by atoms with Gasteiger partial charge in [-0.15, -0.1) is 0 Å². The summed E-state index contributed by atoms with van der Waals surface area (Å²) in [5, 5.41) is 13.8. The third kappa shape index (κ3) is 2.71. The first kappa shape index (κ1) is 13.9. The fourth-order valence-corrected chi connectivity index (χ4v) is 2.33. The van der Waals surface area contributed by atoms with E-state index in [0.717, 1.165) is 22.3 Å². The highest BCUT2D eigenvalue weighted by Crippen LogP contribution is 2.21. The van der Waals surface area contributed by atoms with Crippen molar-refractivity contribution in [1.82, 2.24) is 15.5 Å². The molecule has 0 bridgehead atoms. The summed E-state index contributed by atoms with van der Waals surface area (Å²) in [6, 6.07) is 12.9. The number of aromatic nitrogens is 2. The number of fused-ring (bicyclic) bond motifs is 1. The van der Waals surface area contributed by atoms with Gasteiger partial charge in [-0.2, -0.15) is 5.10 Å². The Balaban J connectivity index is 1.77. The van der Waals surface area contributed by atoms with E-state index in [9.17, 15) is 4.79 Å². The highest BCUT2D eigenvalue weighted by atomic mass is 16.1. The lowest BCUT2D eigenvalue weighted by atomic mass is 10.1. The lowest BCUT2D eigenvalue weighted by Crippen LogP contribution is -2.22. The second kappa shape index (κ2) is 5.77. The molecule has 6 nitrogen and oxygen atoms in total. The van der Waals surface area contributed by atoms with E-state index in [2.05, 4.69) is 20.8 Å². The molecular formula is C16H17N5O. The van der Waals surface area contributed by atoms with E-state index in [0.29, 0.717) is 17.8 Å². The second-order valence-corrected chi connectivity index (χ2v) is 5.01. The molecule has 0 saturated heterocycles. The zero-order valence-corrected chi connectivity index (χ0v) is 12.2. The molecule has 2 aromatic carbocycles. The number of nitrogens with zero attached hydrogens (tertiary/aromatic N) is 1. The predicted molar refractivity (Wildman–Crippen MR) is 87.7 cm³/mol. The standard InChI is InChI=1S/C16H17N5O/c1-18-15-13-8-11(5-6-14(13)20-21-15)16(22)19-9-10-3-2-4-12(17)7-10/h2-8H,9,17H2,1H3,(H,19,22)(H2,18,20,21). The fourth-order valence-electron chi connectivity index (χ4n) is 2.33. The molecule has 5 N–H and O–H groups in total. The molecule has 112 valence electrons. The van der Waals surface area contributed by atoms with Crippen molar-refractivity contribution < 1.29 is 4.79 Å². The topological polar surface area (TPSA) is 95.8 Å². The number of H-pyrrole nitrogens is 1. The van der Waals surface area contributed by atoms with Gasteiger partial charge in [-0.05, 0) is 35.9 Å². The largest absolute Gasteiger partial charge is 0.399 e. The van der Waals surface area contributed by atoms with E-state index in [-0.39, 0.29) is 5.91 Å². The maximum absolute atomic E-state index is 12.3. The normalized spacial score (nSPS) is 10.6. The molecule has 1 aromatic heterocycles. The maximum atomic E-state index is 12.3. The van der Waals surface area contributed by atoms with E-state index < -0.39 is 0 Å². The number of carbonyl (C=O) groups excluding carboxylic acids is 1. The van der Waals surface area contributed by atoms with Gasteiger partial charge in [0.15, 0.2) is 5.82 Å². The van der Waals surface area contributed by atoms with Gasteiger partial charge in [0.2, 0.25) is 0 Å². The summed E-state index contributed by atoms with van der Waals surface area (Å²) >= 11 is 0. The molecule has 3 aromatic rings. The summed E-state index contributed by atoms with van der Waals surface area (Å²) in [7, 11) is 1.79. The van der Waals surface area contributed by atoms with Gasteiger partial charge in [0.25, 0.3) is 5.91 Å². The highest BCUT2D eigenvalue weighted by molar-refractivity contribution is 6.00. The summed E-state index contributed by atoms with van der Waals surface area (Å²) in [6.07, 6.45) is 0. The van der Waals surface area contributed by atoms with Crippen LogP contribution in [0.2, 0.25) is 0 Å².